The van der Waals surface area contributed by atoms with Crippen molar-refractivity contribution in [2.45, 2.75) is 13.3 Å². The molecule has 0 bridgehead atoms. The van der Waals surface area contributed by atoms with E-state index in [0.717, 1.165) is 17.7 Å². The molecule has 0 aromatic heterocycles. The van der Waals surface area contributed by atoms with E-state index >= 15 is 0 Å². The first-order chi connectivity index (χ1) is 9.74. The van der Waals surface area contributed by atoms with Crippen LogP contribution in [0.5, 0.6) is 0 Å². The Hall–Kier alpha value is -2.42. The van der Waals surface area contributed by atoms with Gasteiger partial charge in [0, 0.05) is 12.3 Å². The Kier molecular flexibility index (Phi) is 3.33. The van der Waals surface area contributed by atoms with E-state index in [1.165, 1.54) is 11.1 Å². The van der Waals surface area contributed by atoms with Gasteiger partial charge in [0.2, 0.25) is 0 Å². The number of amidine groups is 1. The molecule has 1 heterocycles. The van der Waals surface area contributed by atoms with Crippen LogP contribution >= 0.6 is 0 Å². The van der Waals surface area contributed by atoms with Crippen molar-refractivity contribution in [3.05, 3.63) is 60.2 Å². The molecule has 0 saturated carbocycles. The fraction of sp³-hybridized carbons (Fsp3) is 0.176. The standard InChI is InChI=1S/C17H17N3/c1-12-11-16(18)19-20-17(12)15-9-7-14(8-10-15)13-5-3-2-4-6-13/h2-10,12H,11H2,1H3,(H2,18,19). The van der Waals surface area contributed by atoms with Gasteiger partial charge < -0.3 is 5.73 Å². The number of benzene rings is 2. The Balaban J connectivity index is 1.91. The van der Waals surface area contributed by atoms with E-state index in [9.17, 15) is 0 Å². The summed E-state index contributed by atoms with van der Waals surface area (Å²) in [6.45, 7) is 2.13. The van der Waals surface area contributed by atoms with Crippen molar-refractivity contribution in [3.63, 3.8) is 0 Å². The average molecular weight is 263 g/mol. The predicted molar refractivity (Wildman–Crippen MR) is 83.8 cm³/mol. The maximum Gasteiger partial charge on any atom is 0.123 e. The van der Waals surface area contributed by atoms with E-state index in [4.69, 9.17) is 5.73 Å². The first-order valence-electron chi connectivity index (χ1n) is 6.80. The molecule has 100 valence electrons. The van der Waals surface area contributed by atoms with E-state index in [2.05, 4.69) is 53.5 Å². The molecule has 20 heavy (non-hydrogen) atoms. The SMILES string of the molecule is CC1CC(N)=NN=C1c1ccc(-c2ccccc2)cc1. The summed E-state index contributed by atoms with van der Waals surface area (Å²) in [6.07, 6.45) is 0.777. The Labute approximate surface area is 118 Å². The first kappa shape index (κ1) is 12.6. The summed E-state index contributed by atoms with van der Waals surface area (Å²) < 4.78 is 0. The molecular formula is C17H17N3. The van der Waals surface area contributed by atoms with Crippen LogP contribution in [0.2, 0.25) is 0 Å². The normalized spacial score (nSPS) is 18.4. The Morgan fingerprint density at radius 3 is 2.10 bits per heavy atom. The van der Waals surface area contributed by atoms with Crippen molar-refractivity contribution in [3.8, 4) is 11.1 Å². The van der Waals surface area contributed by atoms with Gasteiger partial charge in [0.15, 0.2) is 0 Å². The number of hydrogen-bond acceptors (Lipinski definition) is 3. The summed E-state index contributed by atoms with van der Waals surface area (Å²) >= 11 is 0. The lowest BCUT2D eigenvalue weighted by atomic mass is 9.93. The lowest BCUT2D eigenvalue weighted by Gasteiger charge is -2.17. The molecule has 2 N–H and O–H groups in total. The summed E-state index contributed by atoms with van der Waals surface area (Å²) in [4.78, 5) is 0. The molecule has 2 aromatic carbocycles. The van der Waals surface area contributed by atoms with Gasteiger partial charge in [-0.25, -0.2) is 0 Å². The molecule has 0 fully saturated rings. The molecule has 1 aliphatic rings. The second-order valence-electron chi connectivity index (χ2n) is 5.13. The zero-order chi connectivity index (χ0) is 13.9. The number of nitrogens with zero attached hydrogens (tertiary/aromatic N) is 2. The van der Waals surface area contributed by atoms with Crippen molar-refractivity contribution >= 4 is 11.5 Å². The predicted octanol–water partition coefficient (Wildman–Crippen LogP) is 3.45. The van der Waals surface area contributed by atoms with Gasteiger partial charge in [0.05, 0.1) is 5.71 Å². The van der Waals surface area contributed by atoms with Crippen molar-refractivity contribution in [2.75, 3.05) is 0 Å². The van der Waals surface area contributed by atoms with Crippen LogP contribution in [-0.4, -0.2) is 11.5 Å². The maximum absolute atomic E-state index is 5.71. The Morgan fingerprint density at radius 2 is 1.45 bits per heavy atom. The zero-order valence-electron chi connectivity index (χ0n) is 11.5. The monoisotopic (exact) mass is 263 g/mol. The minimum Gasteiger partial charge on any atom is -0.386 e. The molecule has 0 spiro atoms. The third kappa shape index (κ3) is 2.48. The lowest BCUT2D eigenvalue weighted by molar-refractivity contribution is 0.783. The summed E-state index contributed by atoms with van der Waals surface area (Å²) in [6, 6.07) is 18.8. The van der Waals surface area contributed by atoms with Gasteiger partial charge in [-0.2, -0.15) is 5.10 Å². The second kappa shape index (κ2) is 5.29. The molecule has 0 amide bonds. The van der Waals surface area contributed by atoms with Gasteiger partial charge in [-0.05, 0) is 16.7 Å². The molecule has 2 aromatic rings. The van der Waals surface area contributed by atoms with E-state index in [0.29, 0.717) is 11.8 Å². The minimum absolute atomic E-state index is 0.315. The number of hydrogen-bond donors (Lipinski definition) is 1. The Bertz CT molecular complexity index is 654. The molecule has 1 aliphatic heterocycles. The van der Waals surface area contributed by atoms with Crippen LogP contribution in [0.3, 0.4) is 0 Å². The molecule has 1 atom stereocenters. The van der Waals surface area contributed by atoms with Gasteiger partial charge in [0.25, 0.3) is 0 Å². The van der Waals surface area contributed by atoms with Gasteiger partial charge in [-0.15, -0.1) is 5.10 Å². The summed E-state index contributed by atoms with van der Waals surface area (Å²) in [7, 11) is 0. The highest BCUT2D eigenvalue weighted by molar-refractivity contribution is 6.05. The zero-order valence-corrected chi connectivity index (χ0v) is 11.5. The van der Waals surface area contributed by atoms with Crippen molar-refractivity contribution in [1.29, 1.82) is 0 Å². The van der Waals surface area contributed by atoms with Crippen LogP contribution in [0.4, 0.5) is 0 Å². The van der Waals surface area contributed by atoms with Crippen molar-refractivity contribution < 1.29 is 0 Å². The van der Waals surface area contributed by atoms with Gasteiger partial charge >= 0.3 is 0 Å². The van der Waals surface area contributed by atoms with Gasteiger partial charge in [0.1, 0.15) is 5.84 Å². The smallest absolute Gasteiger partial charge is 0.123 e. The van der Waals surface area contributed by atoms with Crippen LogP contribution in [0.1, 0.15) is 18.9 Å². The minimum atomic E-state index is 0.315. The van der Waals surface area contributed by atoms with Crippen molar-refractivity contribution in [2.24, 2.45) is 21.9 Å². The van der Waals surface area contributed by atoms with Crippen LogP contribution < -0.4 is 5.73 Å². The number of rotatable bonds is 2. The molecule has 3 rings (SSSR count). The largest absolute Gasteiger partial charge is 0.386 e. The fourth-order valence-electron chi connectivity index (χ4n) is 2.47. The van der Waals surface area contributed by atoms with E-state index in [-0.39, 0.29) is 0 Å². The first-order valence-corrected chi connectivity index (χ1v) is 6.80. The average Bonchev–Trinajstić information content (AvgIpc) is 2.48. The van der Waals surface area contributed by atoms with E-state index in [1.54, 1.807) is 0 Å². The molecule has 3 nitrogen and oxygen atoms in total. The Morgan fingerprint density at radius 1 is 0.850 bits per heavy atom. The second-order valence-corrected chi connectivity index (χ2v) is 5.13. The van der Waals surface area contributed by atoms with Crippen LogP contribution in [0.15, 0.2) is 64.8 Å². The van der Waals surface area contributed by atoms with E-state index < -0.39 is 0 Å². The third-order valence-corrected chi connectivity index (χ3v) is 3.56. The third-order valence-electron chi connectivity index (χ3n) is 3.56. The van der Waals surface area contributed by atoms with E-state index in [1.807, 2.05) is 18.2 Å². The quantitative estimate of drug-likeness (QED) is 0.886. The van der Waals surface area contributed by atoms with Crippen LogP contribution in [0.25, 0.3) is 11.1 Å². The van der Waals surface area contributed by atoms with Crippen molar-refractivity contribution in [1.82, 2.24) is 0 Å². The van der Waals surface area contributed by atoms with Crippen LogP contribution in [-0.2, 0) is 0 Å². The lowest BCUT2D eigenvalue weighted by Crippen LogP contribution is -2.25. The molecule has 3 heteroatoms. The summed E-state index contributed by atoms with van der Waals surface area (Å²) in [5, 5.41) is 8.24. The molecule has 0 saturated heterocycles. The summed E-state index contributed by atoms with van der Waals surface area (Å²) in [5.41, 5.74) is 10.3. The van der Waals surface area contributed by atoms with Gasteiger partial charge in [-0.1, -0.05) is 61.5 Å². The highest BCUT2D eigenvalue weighted by Crippen LogP contribution is 2.22. The highest BCUT2D eigenvalue weighted by atomic mass is 15.2. The molecule has 1 unspecified atom stereocenters. The molecule has 0 radical (unpaired) electrons. The topological polar surface area (TPSA) is 50.7 Å². The highest BCUT2D eigenvalue weighted by Gasteiger charge is 2.18. The number of nitrogens with two attached hydrogens (primary N) is 1. The molecule has 0 aliphatic carbocycles. The molecular weight excluding hydrogens is 246 g/mol. The fourth-order valence-corrected chi connectivity index (χ4v) is 2.47. The van der Waals surface area contributed by atoms with Crippen LogP contribution in [0, 0.1) is 5.92 Å². The summed E-state index contributed by atoms with van der Waals surface area (Å²) in [5.74, 6) is 0.928. The maximum atomic E-state index is 5.71. The van der Waals surface area contributed by atoms with Gasteiger partial charge in [-0.3, -0.25) is 0 Å².